The lowest BCUT2D eigenvalue weighted by Crippen LogP contribution is -2.03. The van der Waals surface area contributed by atoms with E-state index in [0.717, 1.165) is 0 Å². The highest BCUT2D eigenvalue weighted by molar-refractivity contribution is 8.06. The van der Waals surface area contributed by atoms with Crippen LogP contribution in [-0.2, 0) is 33.1 Å². The Morgan fingerprint density at radius 2 is 1.33 bits per heavy atom. The number of rotatable bonds is 2. The molecule has 0 saturated carbocycles. The quantitative estimate of drug-likeness (QED) is 0.220. The Labute approximate surface area is 115 Å². The maximum Gasteiger partial charge on any atom is 0.333 e. The summed E-state index contributed by atoms with van der Waals surface area (Å²) in [5.41, 5.74) is 0.451. The highest BCUT2D eigenvalue weighted by Gasteiger charge is 1.98. The molecule has 0 bridgehead atoms. The Kier molecular flexibility index (Phi) is 14.4. The van der Waals surface area contributed by atoms with E-state index in [9.17, 15) is 4.79 Å². The Bertz CT molecular complexity index is 309. The molecule has 0 amide bonds. The van der Waals surface area contributed by atoms with E-state index in [0.29, 0.717) is 12.2 Å². The van der Waals surface area contributed by atoms with Gasteiger partial charge in [-0.1, -0.05) is 6.58 Å². The third-order valence-corrected chi connectivity index (χ3v) is 0.624. The van der Waals surface area contributed by atoms with Crippen LogP contribution >= 0.6 is 13.4 Å². The van der Waals surface area contributed by atoms with E-state index >= 15 is 0 Å². The van der Waals surface area contributed by atoms with Crippen molar-refractivity contribution in [2.45, 2.75) is 13.8 Å². The molecule has 0 aliphatic rings. The van der Waals surface area contributed by atoms with Crippen LogP contribution in [0.15, 0.2) is 12.2 Å². The number of esters is 1. The first-order valence-electron chi connectivity index (χ1n) is 4.07. The molecular weight excluding hydrogens is 326 g/mol. The molecule has 0 spiro atoms. The SMILES string of the molecule is C=C(C)C(=O)OCC.OP(O)(O)=S.OP(O)(O)=S. The highest BCUT2D eigenvalue weighted by Crippen LogP contribution is 2.26. The molecule has 0 aromatic heterocycles. The van der Waals surface area contributed by atoms with Crippen LogP contribution in [0, 0.1) is 0 Å². The van der Waals surface area contributed by atoms with Gasteiger partial charge in [-0.25, -0.2) is 4.79 Å². The molecule has 0 radical (unpaired) electrons. The van der Waals surface area contributed by atoms with Gasteiger partial charge in [0, 0.05) is 5.57 Å². The normalized spacial score (nSPS) is 10.2. The van der Waals surface area contributed by atoms with E-state index in [2.05, 4.69) is 34.9 Å². The van der Waals surface area contributed by atoms with E-state index in [1.807, 2.05) is 0 Å². The van der Waals surface area contributed by atoms with Crippen LogP contribution in [0.1, 0.15) is 13.8 Å². The summed E-state index contributed by atoms with van der Waals surface area (Å²) in [6, 6.07) is 0. The number of hydrogen-bond acceptors (Lipinski definition) is 4. The predicted molar refractivity (Wildman–Crippen MR) is 73.3 cm³/mol. The second-order valence-electron chi connectivity index (χ2n) is 2.53. The van der Waals surface area contributed by atoms with E-state index in [-0.39, 0.29) is 5.97 Å². The summed E-state index contributed by atoms with van der Waals surface area (Å²) >= 11 is 7.21. The van der Waals surface area contributed by atoms with Gasteiger partial charge in [-0.05, 0) is 37.5 Å². The number of carbonyl (C=O) groups is 1. The van der Waals surface area contributed by atoms with Gasteiger partial charge in [0.25, 0.3) is 0 Å². The van der Waals surface area contributed by atoms with Crippen LogP contribution in [0.4, 0.5) is 0 Å². The van der Waals surface area contributed by atoms with Crippen molar-refractivity contribution >= 4 is 43.0 Å². The van der Waals surface area contributed by atoms with Gasteiger partial charge in [0.05, 0.1) is 6.61 Å². The zero-order valence-electron chi connectivity index (χ0n) is 9.62. The van der Waals surface area contributed by atoms with E-state index in [1.165, 1.54) is 0 Å². The second-order valence-corrected chi connectivity index (χ2v) is 7.52. The summed E-state index contributed by atoms with van der Waals surface area (Å²) in [7, 11) is 0. The Morgan fingerprint density at radius 3 is 1.39 bits per heavy atom. The third-order valence-electron chi connectivity index (χ3n) is 0.624. The summed E-state index contributed by atoms with van der Waals surface area (Å²) in [5, 5.41) is 0. The van der Waals surface area contributed by atoms with Gasteiger partial charge in [-0.2, -0.15) is 0 Å². The minimum atomic E-state index is -3.81. The van der Waals surface area contributed by atoms with Crippen molar-refractivity contribution in [1.82, 2.24) is 0 Å². The maximum atomic E-state index is 10.4. The zero-order valence-corrected chi connectivity index (χ0v) is 13.0. The van der Waals surface area contributed by atoms with Gasteiger partial charge < -0.3 is 34.1 Å². The molecule has 0 aliphatic carbocycles. The summed E-state index contributed by atoms with van der Waals surface area (Å²) < 4.78 is 4.56. The first-order chi connectivity index (χ1) is 7.68. The Morgan fingerprint density at radius 1 is 1.11 bits per heavy atom. The summed E-state index contributed by atoms with van der Waals surface area (Å²) in [6.07, 6.45) is 0. The molecular formula is C6H16O8P2S2. The molecule has 110 valence electrons. The van der Waals surface area contributed by atoms with Crippen molar-refractivity contribution in [3.05, 3.63) is 12.2 Å². The van der Waals surface area contributed by atoms with Crippen LogP contribution in [0.25, 0.3) is 0 Å². The third kappa shape index (κ3) is 71.8. The molecule has 0 rings (SSSR count). The number of ether oxygens (including phenoxy) is 1. The van der Waals surface area contributed by atoms with Gasteiger partial charge in [-0.15, -0.1) is 0 Å². The molecule has 0 unspecified atom stereocenters. The Balaban J connectivity index is -0.000000197. The lowest BCUT2D eigenvalue weighted by molar-refractivity contribution is -0.138. The first kappa shape index (κ1) is 23.4. The van der Waals surface area contributed by atoms with E-state index in [4.69, 9.17) is 29.4 Å². The molecule has 6 N–H and O–H groups in total. The molecule has 8 nitrogen and oxygen atoms in total. The second kappa shape index (κ2) is 11.1. The average Bonchev–Trinajstić information content (AvgIpc) is 1.97. The maximum absolute atomic E-state index is 10.4. The smallest absolute Gasteiger partial charge is 0.333 e. The molecule has 0 aromatic carbocycles. The van der Waals surface area contributed by atoms with Crippen molar-refractivity contribution in [2.75, 3.05) is 6.61 Å². The van der Waals surface area contributed by atoms with Crippen LogP contribution in [0.2, 0.25) is 0 Å². The van der Waals surface area contributed by atoms with Crippen molar-refractivity contribution in [3.63, 3.8) is 0 Å². The first-order valence-corrected chi connectivity index (χ1v) is 9.39. The van der Waals surface area contributed by atoms with Crippen LogP contribution in [0.3, 0.4) is 0 Å². The summed E-state index contributed by atoms with van der Waals surface area (Å²) in [4.78, 5) is 55.8. The fraction of sp³-hybridized carbons (Fsp3) is 0.500. The molecule has 0 heterocycles. The van der Waals surface area contributed by atoms with E-state index in [1.54, 1.807) is 13.8 Å². The lowest BCUT2D eigenvalue weighted by atomic mass is 10.4. The standard InChI is InChI=1S/C6H10O2.2H3O3PS/c1-4-8-6(7)5(2)3;2*1-4(2,3)5/h2,4H2,1,3H3;2*(H3,1,2,3,5). The monoisotopic (exact) mass is 342 g/mol. The fourth-order valence-corrected chi connectivity index (χ4v) is 0.254. The largest absolute Gasteiger partial charge is 0.463 e. The summed E-state index contributed by atoms with van der Waals surface area (Å²) in [6.45, 7) is -0.402. The van der Waals surface area contributed by atoms with Gasteiger partial charge in [0.1, 0.15) is 0 Å². The minimum Gasteiger partial charge on any atom is -0.463 e. The molecule has 18 heavy (non-hydrogen) atoms. The van der Waals surface area contributed by atoms with Gasteiger partial charge in [-0.3, -0.25) is 0 Å². The zero-order chi connectivity index (χ0) is 15.6. The topological polar surface area (TPSA) is 148 Å². The fourth-order valence-electron chi connectivity index (χ4n) is 0.254. The van der Waals surface area contributed by atoms with Crippen molar-refractivity contribution in [2.24, 2.45) is 0 Å². The molecule has 12 heteroatoms. The summed E-state index contributed by atoms with van der Waals surface area (Å²) in [5.74, 6) is -0.312. The van der Waals surface area contributed by atoms with Gasteiger partial charge >= 0.3 is 19.4 Å². The molecule has 0 fully saturated rings. The molecule has 0 aromatic rings. The lowest BCUT2D eigenvalue weighted by Gasteiger charge is -1.96. The van der Waals surface area contributed by atoms with Crippen molar-refractivity contribution in [1.29, 1.82) is 0 Å². The van der Waals surface area contributed by atoms with Gasteiger partial charge in [0.2, 0.25) is 0 Å². The van der Waals surface area contributed by atoms with Gasteiger partial charge in [0.15, 0.2) is 0 Å². The predicted octanol–water partition coefficient (Wildman–Crippen LogP) is -0.499. The average molecular weight is 342 g/mol. The van der Waals surface area contributed by atoms with Crippen LogP contribution < -0.4 is 0 Å². The highest BCUT2D eigenvalue weighted by atomic mass is 32.5. The van der Waals surface area contributed by atoms with Crippen LogP contribution in [-0.4, -0.2) is 41.9 Å². The van der Waals surface area contributed by atoms with Crippen LogP contribution in [0.5, 0.6) is 0 Å². The molecule has 0 atom stereocenters. The number of carbonyl (C=O) groups excluding carboxylic acids is 1. The number of hydrogen-bond donors (Lipinski definition) is 6. The van der Waals surface area contributed by atoms with E-state index < -0.39 is 13.4 Å². The Hall–Kier alpha value is 0.270. The van der Waals surface area contributed by atoms with Crippen molar-refractivity contribution < 1.29 is 38.9 Å². The minimum absolute atomic E-state index is 0.312. The molecule has 0 aliphatic heterocycles. The molecule has 0 saturated heterocycles. The van der Waals surface area contributed by atoms with Crippen molar-refractivity contribution in [3.8, 4) is 0 Å².